The van der Waals surface area contributed by atoms with Crippen molar-refractivity contribution in [2.45, 2.75) is 37.9 Å². The van der Waals surface area contributed by atoms with Crippen molar-refractivity contribution in [2.24, 2.45) is 0 Å². The van der Waals surface area contributed by atoms with Gasteiger partial charge in [0.15, 0.2) is 0 Å². The second kappa shape index (κ2) is 1.98. The van der Waals surface area contributed by atoms with Crippen LogP contribution in [0.3, 0.4) is 0 Å². The zero-order chi connectivity index (χ0) is 9.10. The zero-order valence-corrected chi connectivity index (χ0v) is 8.13. The summed E-state index contributed by atoms with van der Waals surface area (Å²) >= 11 is 0. The highest BCUT2D eigenvalue weighted by atomic mass is 16.5. The van der Waals surface area contributed by atoms with E-state index in [0.717, 1.165) is 0 Å². The first-order valence-electron chi connectivity index (χ1n) is 4.94. The summed E-state index contributed by atoms with van der Waals surface area (Å²) in [6.45, 7) is 4.33. The van der Waals surface area contributed by atoms with Gasteiger partial charge in [-0.15, -0.1) is 0 Å². The first kappa shape index (κ1) is 7.57. The van der Waals surface area contributed by atoms with Crippen molar-refractivity contribution in [1.82, 2.24) is 0 Å². The smallest absolute Gasteiger partial charge is 0.0949 e. The molecule has 1 nitrogen and oxygen atoms in total. The van der Waals surface area contributed by atoms with Crippen LogP contribution in [0.4, 0.5) is 0 Å². The molecule has 1 aromatic rings. The molecule has 1 heteroatoms. The Hall–Kier alpha value is -0.820. The highest BCUT2D eigenvalue weighted by molar-refractivity contribution is 5.43. The SMILES string of the molecule is CC1(C)OC2(CC2)c2ccccc21. The van der Waals surface area contributed by atoms with Crippen LogP contribution >= 0.6 is 0 Å². The fourth-order valence-electron chi connectivity index (χ4n) is 2.49. The summed E-state index contributed by atoms with van der Waals surface area (Å²) < 4.78 is 6.12. The van der Waals surface area contributed by atoms with Crippen LogP contribution in [0.15, 0.2) is 24.3 Å². The zero-order valence-electron chi connectivity index (χ0n) is 8.13. The molecule has 1 heterocycles. The van der Waals surface area contributed by atoms with Gasteiger partial charge in [0.1, 0.15) is 0 Å². The van der Waals surface area contributed by atoms with Gasteiger partial charge in [0, 0.05) is 0 Å². The number of rotatable bonds is 0. The minimum absolute atomic E-state index is 0.0763. The fourth-order valence-corrected chi connectivity index (χ4v) is 2.49. The third-order valence-electron chi connectivity index (χ3n) is 3.22. The van der Waals surface area contributed by atoms with Gasteiger partial charge in [0.05, 0.1) is 11.2 Å². The molecule has 0 bridgehead atoms. The Morgan fingerprint density at radius 2 is 1.69 bits per heavy atom. The Morgan fingerprint density at radius 1 is 1.08 bits per heavy atom. The minimum atomic E-state index is -0.0763. The van der Waals surface area contributed by atoms with E-state index in [0.29, 0.717) is 0 Å². The molecule has 3 rings (SSSR count). The first-order valence-corrected chi connectivity index (χ1v) is 4.94. The number of hydrogen-bond acceptors (Lipinski definition) is 1. The van der Waals surface area contributed by atoms with Crippen LogP contribution in [0.5, 0.6) is 0 Å². The van der Waals surface area contributed by atoms with E-state index < -0.39 is 0 Å². The topological polar surface area (TPSA) is 9.23 Å². The quantitative estimate of drug-likeness (QED) is 0.587. The summed E-state index contributed by atoms with van der Waals surface area (Å²) in [4.78, 5) is 0. The maximum atomic E-state index is 6.12. The number of ether oxygens (including phenoxy) is 1. The predicted octanol–water partition coefficient (Wildman–Crippen LogP) is 2.94. The van der Waals surface area contributed by atoms with Crippen molar-refractivity contribution in [3.63, 3.8) is 0 Å². The maximum absolute atomic E-state index is 6.12. The average molecular weight is 174 g/mol. The normalized spacial score (nSPS) is 26.0. The number of benzene rings is 1. The molecule has 13 heavy (non-hydrogen) atoms. The van der Waals surface area contributed by atoms with Crippen LogP contribution in [-0.2, 0) is 15.9 Å². The average Bonchev–Trinajstić information content (AvgIpc) is 2.80. The lowest BCUT2D eigenvalue weighted by Gasteiger charge is -2.20. The van der Waals surface area contributed by atoms with Gasteiger partial charge in [-0.25, -0.2) is 0 Å². The summed E-state index contributed by atoms with van der Waals surface area (Å²) in [7, 11) is 0. The van der Waals surface area contributed by atoms with Gasteiger partial charge in [0.2, 0.25) is 0 Å². The molecule has 0 radical (unpaired) electrons. The van der Waals surface area contributed by atoms with Gasteiger partial charge in [-0.3, -0.25) is 0 Å². The predicted molar refractivity (Wildman–Crippen MR) is 51.5 cm³/mol. The van der Waals surface area contributed by atoms with E-state index in [-0.39, 0.29) is 11.2 Å². The molecule has 0 saturated heterocycles. The monoisotopic (exact) mass is 174 g/mol. The molecule has 1 saturated carbocycles. The van der Waals surface area contributed by atoms with Crippen LogP contribution in [0.1, 0.15) is 37.8 Å². The summed E-state index contributed by atoms with van der Waals surface area (Å²) in [5, 5.41) is 0. The molecular formula is C12H14O. The molecule has 1 spiro atoms. The largest absolute Gasteiger partial charge is 0.360 e. The van der Waals surface area contributed by atoms with Crippen molar-refractivity contribution in [3.8, 4) is 0 Å². The van der Waals surface area contributed by atoms with Gasteiger partial charge < -0.3 is 4.74 Å². The molecule has 0 unspecified atom stereocenters. The first-order chi connectivity index (χ1) is 6.14. The van der Waals surface area contributed by atoms with Gasteiger partial charge in [-0.2, -0.15) is 0 Å². The summed E-state index contributed by atoms with van der Waals surface area (Å²) in [6.07, 6.45) is 2.40. The molecule has 0 amide bonds. The highest BCUT2D eigenvalue weighted by Gasteiger charge is 2.56. The molecule has 1 aliphatic carbocycles. The fraction of sp³-hybridized carbons (Fsp3) is 0.500. The van der Waals surface area contributed by atoms with Gasteiger partial charge in [-0.1, -0.05) is 24.3 Å². The van der Waals surface area contributed by atoms with E-state index in [1.807, 2.05) is 0 Å². The van der Waals surface area contributed by atoms with Crippen molar-refractivity contribution < 1.29 is 4.74 Å². The molecule has 0 atom stereocenters. The minimum Gasteiger partial charge on any atom is -0.360 e. The Bertz CT molecular complexity index is 338. The molecule has 1 aliphatic heterocycles. The van der Waals surface area contributed by atoms with Gasteiger partial charge >= 0.3 is 0 Å². The van der Waals surface area contributed by atoms with E-state index in [1.165, 1.54) is 24.0 Å². The molecule has 0 aromatic heterocycles. The van der Waals surface area contributed by atoms with E-state index >= 15 is 0 Å². The van der Waals surface area contributed by atoms with Gasteiger partial charge in [-0.05, 0) is 37.8 Å². The van der Waals surface area contributed by atoms with E-state index in [4.69, 9.17) is 4.74 Å². The highest BCUT2D eigenvalue weighted by Crippen LogP contribution is 2.59. The van der Waals surface area contributed by atoms with Crippen molar-refractivity contribution in [2.75, 3.05) is 0 Å². The Morgan fingerprint density at radius 3 is 2.31 bits per heavy atom. The molecule has 1 aromatic carbocycles. The Kier molecular flexibility index (Phi) is 1.15. The Balaban J connectivity index is 2.24. The summed E-state index contributed by atoms with van der Waals surface area (Å²) in [5.41, 5.74) is 2.85. The lowest BCUT2D eigenvalue weighted by molar-refractivity contribution is -0.0688. The number of fused-ring (bicyclic) bond motifs is 2. The van der Waals surface area contributed by atoms with Crippen molar-refractivity contribution >= 4 is 0 Å². The summed E-state index contributed by atoms with van der Waals surface area (Å²) in [5.74, 6) is 0. The second-order valence-electron chi connectivity index (χ2n) is 4.65. The van der Waals surface area contributed by atoms with Gasteiger partial charge in [0.25, 0.3) is 0 Å². The molecular weight excluding hydrogens is 160 g/mol. The third-order valence-corrected chi connectivity index (χ3v) is 3.22. The lowest BCUT2D eigenvalue weighted by atomic mass is 9.94. The van der Waals surface area contributed by atoms with Crippen molar-refractivity contribution in [1.29, 1.82) is 0 Å². The molecule has 1 fully saturated rings. The molecule has 0 N–H and O–H groups in total. The van der Waals surface area contributed by atoms with Crippen molar-refractivity contribution in [3.05, 3.63) is 35.4 Å². The molecule has 2 aliphatic rings. The van der Waals surface area contributed by atoms with E-state index in [1.54, 1.807) is 0 Å². The van der Waals surface area contributed by atoms with Crippen LogP contribution in [0.2, 0.25) is 0 Å². The second-order valence-corrected chi connectivity index (χ2v) is 4.65. The van der Waals surface area contributed by atoms with E-state index in [2.05, 4.69) is 38.1 Å². The maximum Gasteiger partial charge on any atom is 0.0949 e. The Labute approximate surface area is 78.7 Å². The van der Waals surface area contributed by atoms with Crippen LogP contribution in [-0.4, -0.2) is 0 Å². The standard InChI is InChI=1S/C12H14O/c1-11(2)9-5-3-4-6-10(9)12(13-11)7-8-12/h3-6H,7-8H2,1-2H3. The van der Waals surface area contributed by atoms with Crippen LogP contribution < -0.4 is 0 Å². The lowest BCUT2D eigenvalue weighted by Crippen LogP contribution is -2.17. The molecule has 68 valence electrons. The number of hydrogen-bond donors (Lipinski definition) is 0. The third kappa shape index (κ3) is 0.856. The van der Waals surface area contributed by atoms with Crippen LogP contribution in [0.25, 0.3) is 0 Å². The van der Waals surface area contributed by atoms with Crippen LogP contribution in [0, 0.1) is 0 Å². The van der Waals surface area contributed by atoms with E-state index in [9.17, 15) is 0 Å². The summed E-state index contributed by atoms with van der Waals surface area (Å²) in [6, 6.07) is 8.63.